The van der Waals surface area contributed by atoms with Crippen molar-refractivity contribution in [3.8, 4) is 5.75 Å². The Morgan fingerprint density at radius 2 is 1.73 bits per heavy atom. The molecule has 7 nitrogen and oxygen atoms in total. The fourth-order valence-corrected chi connectivity index (χ4v) is 6.27. The third-order valence-electron chi connectivity index (χ3n) is 7.79. The lowest BCUT2D eigenvalue weighted by Gasteiger charge is -2.34. The summed E-state index contributed by atoms with van der Waals surface area (Å²) in [5, 5.41) is 13.6. The zero-order valence-corrected chi connectivity index (χ0v) is 19.9. The topological polar surface area (TPSA) is 95.9 Å². The lowest BCUT2D eigenvalue weighted by Crippen LogP contribution is -2.58. The second kappa shape index (κ2) is 9.48. The number of fused-ring (bicyclic) bond motifs is 1. The van der Waals surface area contributed by atoms with Crippen LogP contribution in [-0.2, 0) is 20.8 Å². The molecule has 0 spiro atoms. The van der Waals surface area contributed by atoms with Crippen LogP contribution in [0.2, 0.25) is 0 Å². The molecule has 0 bridgehead atoms. The van der Waals surface area contributed by atoms with Gasteiger partial charge in [-0.2, -0.15) is 0 Å². The molecule has 2 heterocycles. The third kappa shape index (κ3) is 4.58. The number of carbonyl (C=O) groups excluding carboxylic acids is 2. The minimum Gasteiger partial charge on any atom is -0.480 e. The van der Waals surface area contributed by atoms with E-state index in [4.69, 9.17) is 0 Å². The van der Waals surface area contributed by atoms with Crippen LogP contribution in [0.4, 0.5) is 13.2 Å². The number of hydrogen-bond donors (Lipinski definition) is 2. The number of likely N-dealkylation sites (tertiary alicyclic amines) is 1. The van der Waals surface area contributed by atoms with Gasteiger partial charge in [-0.3, -0.25) is 24.6 Å². The van der Waals surface area contributed by atoms with Crippen LogP contribution in [-0.4, -0.2) is 45.7 Å². The molecule has 2 saturated heterocycles. The molecule has 37 heavy (non-hydrogen) atoms. The van der Waals surface area contributed by atoms with Crippen molar-refractivity contribution >= 4 is 17.8 Å². The first kappa shape index (κ1) is 25.3. The second-order valence-corrected chi connectivity index (χ2v) is 10.0. The van der Waals surface area contributed by atoms with E-state index in [1.807, 2.05) is 0 Å². The van der Waals surface area contributed by atoms with Crippen molar-refractivity contribution < 1.29 is 37.4 Å². The molecule has 10 heteroatoms. The zero-order chi connectivity index (χ0) is 26.4. The summed E-state index contributed by atoms with van der Waals surface area (Å²) in [7, 11) is 0. The number of rotatable bonds is 6. The van der Waals surface area contributed by atoms with Crippen molar-refractivity contribution in [1.82, 2.24) is 10.2 Å². The molecular weight excluding hydrogens is 489 g/mol. The first-order valence-corrected chi connectivity index (χ1v) is 12.4. The van der Waals surface area contributed by atoms with E-state index in [-0.39, 0.29) is 18.0 Å². The molecule has 2 aromatic rings. The van der Waals surface area contributed by atoms with Gasteiger partial charge in [0.2, 0.25) is 11.8 Å². The van der Waals surface area contributed by atoms with Crippen LogP contribution in [0.3, 0.4) is 0 Å². The van der Waals surface area contributed by atoms with Crippen LogP contribution in [0.1, 0.15) is 49.3 Å². The molecule has 0 radical (unpaired) electrons. The van der Waals surface area contributed by atoms with Crippen molar-refractivity contribution in [1.29, 1.82) is 0 Å². The second-order valence-electron chi connectivity index (χ2n) is 10.0. The molecular formula is C27H27F3N2O5. The molecule has 4 unspecified atom stereocenters. The molecule has 2 amide bonds. The minimum absolute atomic E-state index is 0.0723. The van der Waals surface area contributed by atoms with Crippen LogP contribution in [0.5, 0.6) is 5.75 Å². The van der Waals surface area contributed by atoms with E-state index >= 15 is 0 Å². The largest absolute Gasteiger partial charge is 0.573 e. The Hall–Kier alpha value is -3.40. The summed E-state index contributed by atoms with van der Waals surface area (Å²) in [6.07, 6.45) is -0.947. The lowest BCUT2D eigenvalue weighted by molar-refractivity contribution is -0.274. The highest BCUT2D eigenvalue weighted by atomic mass is 19.4. The summed E-state index contributed by atoms with van der Waals surface area (Å²) in [4.78, 5) is 41.9. The standard InChI is InChI=1S/C27H27F3N2O5/c28-27(29,30)37-19-13-7-10-17(14-19)22-20-21(24(34)32(23(20)33)18-11-5-2-6-12-18)26(31-22,25(35)36)15-16-8-3-1-4-9-16/h1,3-4,7-10,13-14,18,20-22,31H,2,5-6,11-12,15H2,(H,35,36). The summed E-state index contributed by atoms with van der Waals surface area (Å²) < 4.78 is 42.7. The predicted octanol–water partition coefficient (Wildman–Crippen LogP) is 4.23. The maximum Gasteiger partial charge on any atom is 0.573 e. The number of nitrogens with one attached hydrogen (secondary N) is 1. The third-order valence-corrected chi connectivity index (χ3v) is 7.79. The molecule has 1 saturated carbocycles. The Kier molecular flexibility index (Phi) is 6.47. The van der Waals surface area contributed by atoms with E-state index in [1.165, 1.54) is 17.0 Å². The number of amides is 2. The van der Waals surface area contributed by atoms with Gasteiger partial charge in [0, 0.05) is 18.5 Å². The highest BCUT2D eigenvalue weighted by Gasteiger charge is 2.69. The molecule has 2 N–H and O–H groups in total. The summed E-state index contributed by atoms with van der Waals surface area (Å²) >= 11 is 0. The number of carboxylic acids is 1. The summed E-state index contributed by atoms with van der Waals surface area (Å²) in [6, 6.07) is 12.6. The number of ether oxygens (including phenoxy) is 1. The van der Waals surface area contributed by atoms with Gasteiger partial charge in [-0.1, -0.05) is 61.7 Å². The van der Waals surface area contributed by atoms with Crippen LogP contribution < -0.4 is 10.1 Å². The molecule has 3 aliphatic rings. The average molecular weight is 517 g/mol. The van der Waals surface area contributed by atoms with Gasteiger partial charge < -0.3 is 9.84 Å². The Bertz CT molecular complexity index is 1200. The Balaban J connectivity index is 1.59. The maximum atomic E-state index is 13.9. The van der Waals surface area contributed by atoms with E-state index in [0.717, 1.165) is 31.4 Å². The molecule has 2 aromatic carbocycles. The maximum absolute atomic E-state index is 13.9. The lowest BCUT2D eigenvalue weighted by atomic mass is 9.76. The SMILES string of the molecule is O=C1C2C(c3cccc(OC(F)(F)F)c3)NC(Cc3ccccc3)(C(=O)O)C2C(=O)N1C1CCCCC1. The molecule has 2 aliphatic heterocycles. The number of carboxylic acid groups (broad SMARTS) is 1. The van der Waals surface area contributed by atoms with Gasteiger partial charge in [0.1, 0.15) is 11.3 Å². The predicted molar refractivity (Wildman–Crippen MR) is 125 cm³/mol. The van der Waals surface area contributed by atoms with Gasteiger partial charge in [0.05, 0.1) is 11.8 Å². The van der Waals surface area contributed by atoms with Crippen LogP contribution >= 0.6 is 0 Å². The summed E-state index contributed by atoms with van der Waals surface area (Å²) in [5.41, 5.74) is -0.921. The summed E-state index contributed by atoms with van der Waals surface area (Å²) in [6.45, 7) is 0. The van der Waals surface area contributed by atoms with Crippen molar-refractivity contribution in [3.05, 3.63) is 65.7 Å². The van der Waals surface area contributed by atoms with Gasteiger partial charge in [-0.15, -0.1) is 13.2 Å². The van der Waals surface area contributed by atoms with Crippen LogP contribution in [0.25, 0.3) is 0 Å². The minimum atomic E-state index is -4.92. The van der Waals surface area contributed by atoms with E-state index in [2.05, 4.69) is 10.1 Å². The fraction of sp³-hybridized carbons (Fsp3) is 0.444. The van der Waals surface area contributed by atoms with Gasteiger partial charge in [-0.25, -0.2) is 0 Å². The Labute approximate surface area is 211 Å². The van der Waals surface area contributed by atoms with Crippen molar-refractivity contribution in [3.63, 3.8) is 0 Å². The number of alkyl halides is 3. The summed E-state index contributed by atoms with van der Waals surface area (Å²) in [5.74, 6) is -5.06. The number of imide groups is 1. The number of aliphatic carboxylic acids is 1. The fourth-order valence-electron chi connectivity index (χ4n) is 6.27. The smallest absolute Gasteiger partial charge is 0.480 e. The Morgan fingerprint density at radius 3 is 2.38 bits per heavy atom. The molecule has 0 aromatic heterocycles. The average Bonchev–Trinajstić information content (AvgIpc) is 3.33. The van der Waals surface area contributed by atoms with Crippen molar-refractivity contribution in [2.75, 3.05) is 0 Å². The number of nitrogens with zero attached hydrogens (tertiary/aromatic N) is 1. The molecule has 4 atom stereocenters. The molecule has 196 valence electrons. The normalized spacial score (nSPS) is 28.4. The molecule has 1 aliphatic carbocycles. The first-order valence-electron chi connectivity index (χ1n) is 12.4. The Morgan fingerprint density at radius 1 is 1.03 bits per heavy atom. The number of hydrogen-bond acceptors (Lipinski definition) is 5. The van der Waals surface area contributed by atoms with Crippen LogP contribution in [0.15, 0.2) is 54.6 Å². The monoisotopic (exact) mass is 516 g/mol. The quantitative estimate of drug-likeness (QED) is 0.558. The van der Waals surface area contributed by atoms with Crippen LogP contribution in [0, 0.1) is 11.8 Å². The van der Waals surface area contributed by atoms with E-state index < -0.39 is 53.3 Å². The first-order chi connectivity index (χ1) is 17.6. The highest BCUT2D eigenvalue weighted by molar-refractivity contribution is 6.09. The van der Waals surface area contributed by atoms with Gasteiger partial charge in [0.15, 0.2) is 0 Å². The van der Waals surface area contributed by atoms with E-state index in [0.29, 0.717) is 18.4 Å². The van der Waals surface area contributed by atoms with Gasteiger partial charge >= 0.3 is 12.3 Å². The molecule has 3 fully saturated rings. The highest BCUT2D eigenvalue weighted by Crippen LogP contribution is 2.51. The number of carbonyl (C=O) groups is 3. The zero-order valence-electron chi connectivity index (χ0n) is 19.9. The van der Waals surface area contributed by atoms with E-state index in [9.17, 15) is 32.7 Å². The number of benzene rings is 2. The number of halogens is 3. The van der Waals surface area contributed by atoms with Crippen molar-refractivity contribution in [2.45, 2.75) is 62.5 Å². The van der Waals surface area contributed by atoms with Gasteiger partial charge in [-0.05, 0) is 36.1 Å². The van der Waals surface area contributed by atoms with Gasteiger partial charge in [0.25, 0.3) is 0 Å². The van der Waals surface area contributed by atoms with E-state index in [1.54, 1.807) is 30.3 Å². The molecule has 5 rings (SSSR count). The van der Waals surface area contributed by atoms with Crippen molar-refractivity contribution in [2.24, 2.45) is 11.8 Å².